The lowest BCUT2D eigenvalue weighted by molar-refractivity contribution is -0.135. The van der Waals surface area contributed by atoms with Crippen LogP contribution in [0.4, 0.5) is 0 Å². The van der Waals surface area contributed by atoms with Crippen LogP contribution in [0.25, 0.3) is 0 Å². The number of aryl methyl sites for hydroxylation is 1. The highest BCUT2D eigenvalue weighted by molar-refractivity contribution is 5.96. The third-order valence-corrected chi connectivity index (χ3v) is 5.11. The van der Waals surface area contributed by atoms with Crippen LogP contribution in [0.5, 0.6) is 0 Å². The lowest BCUT2D eigenvalue weighted by Gasteiger charge is -2.19. The number of hydrogen-bond acceptors (Lipinski definition) is 4. The number of aromatic amines is 1. The topological polar surface area (TPSA) is 70.6 Å². The van der Waals surface area contributed by atoms with Crippen molar-refractivity contribution in [3.63, 3.8) is 0 Å². The summed E-state index contributed by atoms with van der Waals surface area (Å²) in [6, 6.07) is 8.18. The third-order valence-electron chi connectivity index (χ3n) is 5.11. The van der Waals surface area contributed by atoms with Crippen molar-refractivity contribution < 1.29 is 9.53 Å². The van der Waals surface area contributed by atoms with Gasteiger partial charge in [-0.3, -0.25) is 9.89 Å². The summed E-state index contributed by atoms with van der Waals surface area (Å²) < 4.78 is 6.10. The molecule has 0 radical (unpaired) electrons. The zero-order chi connectivity index (χ0) is 18.3. The van der Waals surface area contributed by atoms with Crippen molar-refractivity contribution in [2.45, 2.75) is 58.6 Å². The number of benzene rings is 1. The summed E-state index contributed by atoms with van der Waals surface area (Å²) in [6.45, 7) is 5.82. The number of rotatable bonds is 3. The molecule has 1 atom stereocenters. The number of aromatic nitrogens is 2. The van der Waals surface area contributed by atoms with Crippen LogP contribution < -0.4 is 0 Å². The predicted molar refractivity (Wildman–Crippen MR) is 98.6 cm³/mol. The number of carbonyl (C=O) groups excluding carboxylic acids is 1. The number of nitrogens with zero attached hydrogens (tertiary/aromatic N) is 3. The van der Waals surface area contributed by atoms with Crippen molar-refractivity contribution in [1.82, 2.24) is 15.2 Å². The molecule has 136 valence electrons. The van der Waals surface area contributed by atoms with Gasteiger partial charge in [-0.05, 0) is 37.2 Å². The Balaban J connectivity index is 1.64. The van der Waals surface area contributed by atoms with Gasteiger partial charge in [-0.1, -0.05) is 38.1 Å². The van der Waals surface area contributed by atoms with E-state index in [-0.39, 0.29) is 5.91 Å². The molecule has 1 aromatic carbocycles. The van der Waals surface area contributed by atoms with Crippen molar-refractivity contribution in [3.8, 4) is 0 Å². The van der Waals surface area contributed by atoms with Crippen molar-refractivity contribution in [1.29, 1.82) is 0 Å². The van der Waals surface area contributed by atoms with Gasteiger partial charge in [-0.2, -0.15) is 10.1 Å². The third kappa shape index (κ3) is 2.89. The molecule has 2 aliphatic rings. The molecule has 0 saturated carbocycles. The molecule has 1 N–H and O–H groups in total. The molecule has 6 heteroatoms. The summed E-state index contributed by atoms with van der Waals surface area (Å²) in [5, 5.41) is 13.4. The Morgan fingerprint density at radius 2 is 1.96 bits per heavy atom. The molecule has 1 amide bonds. The number of hydrazone groups is 1. The van der Waals surface area contributed by atoms with Crippen molar-refractivity contribution in [2.24, 2.45) is 5.10 Å². The summed E-state index contributed by atoms with van der Waals surface area (Å²) in [5.74, 6) is 0.736. The van der Waals surface area contributed by atoms with Gasteiger partial charge in [0, 0.05) is 23.7 Å². The molecule has 0 bridgehead atoms. The fourth-order valence-corrected chi connectivity index (χ4v) is 3.58. The normalized spacial score (nSPS) is 19.3. The fourth-order valence-electron chi connectivity index (χ4n) is 3.58. The first-order valence-electron chi connectivity index (χ1n) is 9.26. The van der Waals surface area contributed by atoms with Crippen LogP contribution in [0.3, 0.4) is 0 Å². The van der Waals surface area contributed by atoms with Crippen molar-refractivity contribution >= 4 is 11.8 Å². The van der Waals surface area contributed by atoms with Crippen molar-refractivity contribution in [3.05, 3.63) is 52.3 Å². The van der Waals surface area contributed by atoms with E-state index in [0.717, 1.165) is 36.2 Å². The van der Waals surface area contributed by atoms with E-state index >= 15 is 0 Å². The van der Waals surface area contributed by atoms with Gasteiger partial charge in [0.15, 0.2) is 5.69 Å². The van der Waals surface area contributed by atoms with Gasteiger partial charge in [0.05, 0.1) is 0 Å². The summed E-state index contributed by atoms with van der Waals surface area (Å²) in [5.41, 5.74) is 5.25. The van der Waals surface area contributed by atoms with Crippen LogP contribution in [0.2, 0.25) is 0 Å². The average molecular weight is 352 g/mol. The summed E-state index contributed by atoms with van der Waals surface area (Å²) in [7, 11) is 0. The van der Waals surface area contributed by atoms with Gasteiger partial charge >= 0.3 is 0 Å². The Hall–Kier alpha value is -2.63. The highest BCUT2D eigenvalue weighted by Gasteiger charge is 2.35. The Labute approximate surface area is 153 Å². The highest BCUT2D eigenvalue weighted by Crippen LogP contribution is 2.33. The van der Waals surface area contributed by atoms with Gasteiger partial charge in [0.2, 0.25) is 12.1 Å². The molecule has 26 heavy (non-hydrogen) atoms. The number of nitrogens with one attached hydrogen (secondary N) is 1. The smallest absolute Gasteiger partial charge is 0.262 e. The molecule has 0 saturated heterocycles. The number of H-pyrrole nitrogens is 1. The molecule has 2 heterocycles. The fraction of sp³-hybridized carbons (Fsp3) is 0.450. The van der Waals surface area contributed by atoms with Gasteiger partial charge < -0.3 is 4.74 Å². The van der Waals surface area contributed by atoms with Crippen LogP contribution in [0, 0.1) is 0 Å². The molecular weight excluding hydrogens is 328 g/mol. The Morgan fingerprint density at radius 3 is 2.65 bits per heavy atom. The number of hydrogen-bond donors (Lipinski definition) is 1. The number of carbonyl (C=O) groups is 1. The molecule has 6 nitrogen and oxygen atoms in total. The van der Waals surface area contributed by atoms with Crippen LogP contribution in [0.1, 0.15) is 73.8 Å². The quantitative estimate of drug-likeness (QED) is 0.916. The van der Waals surface area contributed by atoms with Crippen LogP contribution in [-0.2, 0) is 22.4 Å². The van der Waals surface area contributed by atoms with E-state index < -0.39 is 6.23 Å². The minimum atomic E-state index is -0.542. The minimum absolute atomic E-state index is 0.151. The molecule has 1 aliphatic carbocycles. The summed E-state index contributed by atoms with van der Waals surface area (Å²) in [6.07, 6.45) is 3.75. The van der Waals surface area contributed by atoms with Crippen molar-refractivity contribution in [2.75, 3.05) is 0 Å². The van der Waals surface area contributed by atoms with E-state index in [1.165, 1.54) is 29.5 Å². The largest absolute Gasteiger partial charge is 0.445 e. The van der Waals surface area contributed by atoms with Crippen LogP contribution in [-0.4, -0.2) is 27.0 Å². The van der Waals surface area contributed by atoms with E-state index in [1.54, 1.807) is 0 Å². The van der Waals surface area contributed by atoms with Gasteiger partial charge in [-0.25, -0.2) is 0 Å². The molecule has 4 rings (SSSR count). The lowest BCUT2D eigenvalue weighted by atomic mass is 9.96. The standard InChI is InChI=1S/C20H24N4O2/c1-12(2)14-8-10-15(11-9-14)20-24(13(3)25)23-19(26-20)18-16-6-4-5-7-17(16)21-22-18/h8-12,20H,4-7H2,1-3H3,(H,21,22)/t20-/m0/s1. The van der Waals surface area contributed by atoms with Gasteiger partial charge in [0.25, 0.3) is 5.90 Å². The molecule has 0 spiro atoms. The maximum atomic E-state index is 12.1. The number of fused-ring (bicyclic) bond motifs is 1. The van der Waals surface area contributed by atoms with Crippen LogP contribution in [0.15, 0.2) is 29.4 Å². The molecular formula is C20H24N4O2. The van der Waals surface area contributed by atoms with Gasteiger partial charge in [-0.15, -0.1) is 5.10 Å². The number of ether oxygens (including phenoxy) is 1. The zero-order valence-electron chi connectivity index (χ0n) is 15.5. The van der Waals surface area contributed by atoms with E-state index in [1.807, 2.05) is 12.1 Å². The second-order valence-electron chi connectivity index (χ2n) is 7.30. The summed E-state index contributed by atoms with van der Waals surface area (Å²) >= 11 is 0. The molecule has 0 unspecified atom stereocenters. The predicted octanol–water partition coefficient (Wildman–Crippen LogP) is 3.65. The van der Waals surface area contributed by atoms with E-state index in [4.69, 9.17) is 4.74 Å². The van der Waals surface area contributed by atoms with Gasteiger partial charge in [0.1, 0.15) is 0 Å². The Kier molecular flexibility index (Phi) is 4.26. The monoisotopic (exact) mass is 352 g/mol. The lowest BCUT2D eigenvalue weighted by Crippen LogP contribution is -2.25. The minimum Gasteiger partial charge on any atom is -0.445 e. The summed E-state index contributed by atoms with van der Waals surface area (Å²) in [4.78, 5) is 12.1. The first kappa shape index (κ1) is 16.8. The molecule has 1 aliphatic heterocycles. The highest BCUT2D eigenvalue weighted by atomic mass is 16.5. The number of amides is 1. The molecule has 1 aromatic heterocycles. The first-order valence-corrected chi connectivity index (χ1v) is 9.26. The Bertz CT molecular complexity index is 851. The van der Waals surface area contributed by atoms with E-state index in [2.05, 4.69) is 41.3 Å². The maximum absolute atomic E-state index is 12.1. The average Bonchev–Trinajstić information content (AvgIpc) is 3.26. The first-order chi connectivity index (χ1) is 12.5. The second-order valence-corrected chi connectivity index (χ2v) is 7.30. The zero-order valence-corrected chi connectivity index (χ0v) is 15.5. The van der Waals surface area contributed by atoms with E-state index in [0.29, 0.717) is 11.8 Å². The maximum Gasteiger partial charge on any atom is 0.262 e. The molecule has 0 fully saturated rings. The SMILES string of the molecule is CC(=O)N1N=C(c2n[nH]c3c2CCCC3)O[C@H]1c1ccc(C(C)C)cc1. The second kappa shape index (κ2) is 6.59. The molecule has 2 aromatic rings. The van der Waals surface area contributed by atoms with E-state index in [9.17, 15) is 4.79 Å². The Morgan fingerprint density at radius 1 is 1.23 bits per heavy atom. The van der Waals surface area contributed by atoms with Crippen LogP contribution >= 0.6 is 0 Å².